The van der Waals surface area contributed by atoms with E-state index in [-0.39, 0.29) is 24.4 Å². The van der Waals surface area contributed by atoms with Gasteiger partial charge in [0, 0.05) is 30.5 Å². The molecule has 0 saturated heterocycles. The van der Waals surface area contributed by atoms with Crippen LogP contribution in [-0.4, -0.2) is 41.1 Å². The second kappa shape index (κ2) is 9.75. The molecule has 30 heavy (non-hydrogen) atoms. The zero-order chi connectivity index (χ0) is 21.7. The summed E-state index contributed by atoms with van der Waals surface area (Å²) in [5, 5.41) is 0.525. The number of fused-ring (bicyclic) bond motifs is 1. The molecule has 7 nitrogen and oxygen atoms in total. The van der Waals surface area contributed by atoms with Crippen molar-refractivity contribution in [3.8, 4) is 11.5 Å². The Morgan fingerprint density at radius 2 is 1.90 bits per heavy atom. The smallest absolute Gasteiger partial charge is 0.261 e. The third-order valence-corrected chi connectivity index (χ3v) is 5.40. The van der Waals surface area contributed by atoms with Crippen LogP contribution in [0.4, 0.5) is 0 Å². The molecule has 0 saturated carbocycles. The van der Waals surface area contributed by atoms with Crippen molar-refractivity contribution in [1.29, 1.82) is 0 Å². The summed E-state index contributed by atoms with van der Waals surface area (Å²) in [6.45, 7) is 3.22. The fourth-order valence-corrected chi connectivity index (χ4v) is 3.60. The number of nitrogens with zero attached hydrogens (tertiary/aromatic N) is 3. The van der Waals surface area contributed by atoms with Crippen molar-refractivity contribution in [1.82, 2.24) is 14.5 Å². The first-order valence-corrected chi connectivity index (χ1v) is 10.4. The number of hydrogen-bond donors (Lipinski definition) is 0. The van der Waals surface area contributed by atoms with E-state index in [1.165, 1.54) is 10.9 Å². The van der Waals surface area contributed by atoms with Crippen LogP contribution in [0.2, 0.25) is 0 Å². The topological polar surface area (TPSA) is 73.7 Å². The van der Waals surface area contributed by atoms with Gasteiger partial charge in [0.2, 0.25) is 5.91 Å². The minimum atomic E-state index is -0.156. The number of carbonyl (C=O) groups is 1. The molecule has 0 aliphatic carbocycles. The van der Waals surface area contributed by atoms with Gasteiger partial charge in [-0.1, -0.05) is 22.0 Å². The van der Waals surface area contributed by atoms with E-state index in [0.717, 1.165) is 10.0 Å². The molecule has 0 aliphatic rings. The molecule has 0 spiro atoms. The third kappa shape index (κ3) is 4.81. The van der Waals surface area contributed by atoms with E-state index in [2.05, 4.69) is 20.9 Å². The van der Waals surface area contributed by atoms with Crippen molar-refractivity contribution >= 4 is 32.7 Å². The maximum atomic E-state index is 12.8. The molecule has 0 unspecified atom stereocenters. The van der Waals surface area contributed by atoms with Crippen LogP contribution in [0.25, 0.3) is 10.9 Å². The summed E-state index contributed by atoms with van der Waals surface area (Å²) in [6, 6.07) is 11.0. The van der Waals surface area contributed by atoms with E-state index in [1.54, 1.807) is 31.3 Å². The van der Waals surface area contributed by atoms with Gasteiger partial charge in [-0.15, -0.1) is 0 Å². The lowest BCUT2D eigenvalue weighted by Gasteiger charge is -2.22. The van der Waals surface area contributed by atoms with E-state index >= 15 is 0 Å². The summed E-state index contributed by atoms with van der Waals surface area (Å²) in [6.07, 6.45) is 1.71. The molecule has 8 heteroatoms. The van der Waals surface area contributed by atoms with Gasteiger partial charge in [-0.2, -0.15) is 0 Å². The summed E-state index contributed by atoms with van der Waals surface area (Å²) in [5.41, 5.74) is 1.42. The summed E-state index contributed by atoms with van der Waals surface area (Å²) in [7, 11) is 3.17. The number of halogens is 1. The molecule has 0 radical (unpaired) electrons. The highest BCUT2D eigenvalue weighted by Crippen LogP contribution is 2.28. The Kier molecular flexibility index (Phi) is 7.10. The van der Waals surface area contributed by atoms with E-state index in [1.807, 2.05) is 31.2 Å². The van der Waals surface area contributed by atoms with Gasteiger partial charge in [0.25, 0.3) is 5.56 Å². The molecule has 1 aromatic heterocycles. The predicted molar refractivity (Wildman–Crippen MR) is 119 cm³/mol. The highest BCUT2D eigenvalue weighted by molar-refractivity contribution is 9.10. The Morgan fingerprint density at radius 1 is 1.13 bits per heavy atom. The van der Waals surface area contributed by atoms with Gasteiger partial charge in [-0.05, 0) is 42.8 Å². The number of benzene rings is 2. The van der Waals surface area contributed by atoms with Crippen LogP contribution in [-0.2, 0) is 17.9 Å². The van der Waals surface area contributed by atoms with E-state index in [9.17, 15) is 9.59 Å². The molecule has 3 rings (SSSR count). The molecule has 1 amide bonds. The molecular formula is C22H24BrN3O4. The average molecular weight is 474 g/mol. The molecule has 0 fully saturated rings. The highest BCUT2D eigenvalue weighted by Gasteiger charge is 2.15. The van der Waals surface area contributed by atoms with Crippen molar-refractivity contribution in [3.05, 3.63) is 63.1 Å². The molecule has 0 aliphatic heterocycles. The van der Waals surface area contributed by atoms with Gasteiger partial charge in [0.05, 0.1) is 31.4 Å². The summed E-state index contributed by atoms with van der Waals surface area (Å²) >= 11 is 3.38. The van der Waals surface area contributed by atoms with Crippen molar-refractivity contribution in [2.24, 2.45) is 0 Å². The second-order valence-electron chi connectivity index (χ2n) is 6.75. The molecule has 0 bridgehead atoms. The minimum absolute atomic E-state index is 0.0338. The van der Waals surface area contributed by atoms with Gasteiger partial charge in [0.15, 0.2) is 11.5 Å². The SMILES string of the molecule is CCN(Cc1ccc(OC)c(OC)c1)C(=O)CCn1cnc2ccc(Br)cc2c1=O. The predicted octanol–water partition coefficient (Wildman–Crippen LogP) is 3.62. The highest BCUT2D eigenvalue weighted by atomic mass is 79.9. The fourth-order valence-electron chi connectivity index (χ4n) is 3.24. The Morgan fingerprint density at radius 3 is 2.60 bits per heavy atom. The average Bonchev–Trinajstić information content (AvgIpc) is 2.76. The van der Waals surface area contributed by atoms with E-state index in [4.69, 9.17) is 9.47 Å². The first kappa shape index (κ1) is 21.8. The van der Waals surface area contributed by atoms with Crippen LogP contribution < -0.4 is 15.0 Å². The Balaban J connectivity index is 1.71. The minimum Gasteiger partial charge on any atom is -0.493 e. The Labute approximate surface area is 183 Å². The first-order chi connectivity index (χ1) is 14.5. The summed E-state index contributed by atoms with van der Waals surface area (Å²) in [5.74, 6) is 1.23. The molecule has 158 valence electrons. The zero-order valence-electron chi connectivity index (χ0n) is 17.2. The number of hydrogen-bond acceptors (Lipinski definition) is 5. The standard InChI is InChI=1S/C22H24BrN3O4/c1-4-25(13-15-5-8-19(29-2)20(11-15)30-3)21(27)9-10-26-14-24-18-7-6-16(23)12-17(18)22(26)28/h5-8,11-12,14H,4,9-10,13H2,1-3H3. The third-order valence-electron chi connectivity index (χ3n) is 4.91. The number of aromatic nitrogens is 2. The second-order valence-corrected chi connectivity index (χ2v) is 7.67. The molecule has 1 heterocycles. The van der Waals surface area contributed by atoms with Gasteiger partial charge in [-0.25, -0.2) is 4.98 Å². The van der Waals surface area contributed by atoms with E-state index in [0.29, 0.717) is 35.5 Å². The van der Waals surface area contributed by atoms with Crippen LogP contribution in [0.1, 0.15) is 18.9 Å². The molecule has 0 N–H and O–H groups in total. The number of rotatable bonds is 8. The summed E-state index contributed by atoms with van der Waals surface area (Å²) < 4.78 is 12.9. The Bertz CT molecular complexity index is 1110. The number of methoxy groups -OCH3 is 2. The normalized spacial score (nSPS) is 10.8. The van der Waals surface area contributed by atoms with Crippen LogP contribution in [0.15, 0.2) is 52.0 Å². The van der Waals surface area contributed by atoms with Gasteiger partial charge in [0.1, 0.15) is 0 Å². The van der Waals surface area contributed by atoms with Crippen LogP contribution in [0.3, 0.4) is 0 Å². The van der Waals surface area contributed by atoms with Crippen molar-refractivity contribution in [2.75, 3.05) is 20.8 Å². The number of aryl methyl sites for hydroxylation is 1. The van der Waals surface area contributed by atoms with Crippen LogP contribution in [0.5, 0.6) is 11.5 Å². The van der Waals surface area contributed by atoms with Crippen molar-refractivity contribution < 1.29 is 14.3 Å². The van der Waals surface area contributed by atoms with Crippen LogP contribution in [0, 0.1) is 0 Å². The monoisotopic (exact) mass is 473 g/mol. The molecule has 0 atom stereocenters. The number of amides is 1. The van der Waals surface area contributed by atoms with Gasteiger partial charge >= 0.3 is 0 Å². The van der Waals surface area contributed by atoms with E-state index < -0.39 is 0 Å². The van der Waals surface area contributed by atoms with Crippen molar-refractivity contribution in [3.63, 3.8) is 0 Å². The maximum absolute atomic E-state index is 12.8. The molecular weight excluding hydrogens is 450 g/mol. The lowest BCUT2D eigenvalue weighted by Crippen LogP contribution is -2.32. The lowest BCUT2D eigenvalue weighted by atomic mass is 10.1. The maximum Gasteiger partial charge on any atom is 0.261 e. The largest absolute Gasteiger partial charge is 0.493 e. The zero-order valence-corrected chi connectivity index (χ0v) is 18.8. The Hall–Kier alpha value is -2.87. The van der Waals surface area contributed by atoms with Gasteiger partial charge < -0.3 is 14.4 Å². The lowest BCUT2D eigenvalue weighted by molar-refractivity contribution is -0.131. The quantitative estimate of drug-likeness (QED) is 0.499. The first-order valence-electron chi connectivity index (χ1n) is 9.60. The number of ether oxygens (including phenoxy) is 2. The van der Waals surface area contributed by atoms with Crippen molar-refractivity contribution in [2.45, 2.75) is 26.4 Å². The molecule has 2 aromatic carbocycles. The van der Waals surface area contributed by atoms with Crippen LogP contribution >= 0.6 is 15.9 Å². The van der Waals surface area contributed by atoms with Gasteiger partial charge in [-0.3, -0.25) is 14.2 Å². The number of carbonyl (C=O) groups excluding carboxylic acids is 1. The fraction of sp³-hybridized carbons (Fsp3) is 0.318. The summed E-state index contributed by atoms with van der Waals surface area (Å²) in [4.78, 5) is 31.6. The molecule has 3 aromatic rings.